The van der Waals surface area contributed by atoms with Gasteiger partial charge in [0, 0.05) is 47.7 Å². The van der Waals surface area contributed by atoms with E-state index in [4.69, 9.17) is 4.74 Å². The predicted molar refractivity (Wildman–Crippen MR) is 163 cm³/mol. The Balaban J connectivity index is 1.51. The molecule has 3 aromatic heterocycles. The fourth-order valence-electron chi connectivity index (χ4n) is 4.83. The highest BCUT2D eigenvalue weighted by Crippen LogP contribution is 3.02. The van der Waals surface area contributed by atoms with Crippen LogP contribution in [0.15, 0.2) is 78.2 Å². The van der Waals surface area contributed by atoms with E-state index < -0.39 is 50.1 Å². The molecule has 0 fully saturated rings. The second kappa shape index (κ2) is 10.2. The van der Waals surface area contributed by atoms with Crippen LogP contribution in [0.25, 0.3) is 22.6 Å². The number of aromatic nitrogens is 4. The normalized spacial score (nSPS) is 13.7. The summed E-state index contributed by atoms with van der Waals surface area (Å²) in [6, 6.07) is 10.2. The molecule has 238 valence electrons. The van der Waals surface area contributed by atoms with Gasteiger partial charge in [0.05, 0.1) is 17.8 Å². The number of nitrogens with one attached hydrogen (secondary N) is 1. The summed E-state index contributed by atoms with van der Waals surface area (Å²) in [6.45, 7) is 8.20. The maximum absolute atomic E-state index is 13.9. The third-order valence-corrected chi connectivity index (χ3v) is 7.90. The average Bonchev–Trinajstić information content (AvgIpc) is 3.49. The number of benzene rings is 2. The summed E-state index contributed by atoms with van der Waals surface area (Å²) in [4.78, 5) is 27.5. The van der Waals surface area contributed by atoms with Gasteiger partial charge in [-0.2, -0.15) is 5.10 Å². The molecule has 45 heavy (non-hydrogen) atoms. The second-order valence-corrected chi connectivity index (χ2v) is 14.2. The van der Waals surface area contributed by atoms with Gasteiger partial charge >= 0.3 is 16.2 Å². The number of amides is 1. The first-order valence-corrected chi connectivity index (χ1v) is 15.6. The molecule has 2 aromatic carbocycles. The number of aryl methyl sites for hydroxylation is 2. The van der Waals surface area contributed by atoms with Crippen molar-refractivity contribution in [2.24, 2.45) is 0 Å². The number of anilines is 1. The van der Waals surface area contributed by atoms with Gasteiger partial charge in [0.1, 0.15) is 16.1 Å². The largest absolute Gasteiger partial charge is 0.460 e. The SMILES string of the molecule is Cc1cc(C)c(-n2ccn3nc(-c4cccnc4)cc23)cc1NC(=O)c1cc(CC(=O)OC(C)(C)C)cc(S(F)(F)(F)(F)F)c1. The Morgan fingerprint density at radius 1 is 0.956 bits per heavy atom. The Labute approximate surface area is 255 Å². The summed E-state index contributed by atoms with van der Waals surface area (Å²) in [7, 11) is -10.2. The Morgan fingerprint density at radius 3 is 2.33 bits per heavy atom. The maximum Gasteiger partial charge on any atom is 0.310 e. The molecular weight excluding hydrogens is 617 g/mol. The topological polar surface area (TPSA) is 90.5 Å². The Morgan fingerprint density at radius 2 is 1.69 bits per heavy atom. The second-order valence-electron chi connectivity index (χ2n) is 11.7. The van der Waals surface area contributed by atoms with Gasteiger partial charge in [-0.3, -0.25) is 19.1 Å². The zero-order valence-corrected chi connectivity index (χ0v) is 25.8. The van der Waals surface area contributed by atoms with E-state index in [1.54, 1.807) is 75.2 Å². The van der Waals surface area contributed by atoms with Gasteiger partial charge in [0.2, 0.25) is 0 Å². The van der Waals surface area contributed by atoms with Crippen molar-refractivity contribution < 1.29 is 33.8 Å². The number of rotatable bonds is 7. The Kier molecular flexibility index (Phi) is 7.15. The fraction of sp³-hybridized carbons (Fsp3) is 0.226. The first-order chi connectivity index (χ1) is 20.7. The lowest BCUT2D eigenvalue weighted by molar-refractivity contribution is -0.153. The molecule has 0 saturated heterocycles. The van der Waals surface area contributed by atoms with Crippen molar-refractivity contribution in [2.75, 3.05) is 5.32 Å². The number of carbonyl (C=O) groups excluding carboxylic acids is 2. The van der Waals surface area contributed by atoms with Crippen molar-refractivity contribution in [2.45, 2.75) is 51.5 Å². The molecule has 5 rings (SSSR count). The van der Waals surface area contributed by atoms with Crippen LogP contribution in [0.3, 0.4) is 0 Å². The van der Waals surface area contributed by atoms with Gasteiger partial charge in [-0.25, -0.2) is 4.52 Å². The van der Waals surface area contributed by atoms with Crippen molar-refractivity contribution in [3.8, 4) is 16.9 Å². The summed E-state index contributed by atoms with van der Waals surface area (Å²) in [6.07, 6.45) is 6.09. The van der Waals surface area contributed by atoms with Crippen LogP contribution in [-0.2, 0) is 16.0 Å². The molecule has 0 atom stereocenters. The van der Waals surface area contributed by atoms with Gasteiger partial charge in [-0.15, -0.1) is 0 Å². The van der Waals surface area contributed by atoms with E-state index in [-0.39, 0.29) is 17.8 Å². The van der Waals surface area contributed by atoms with Crippen molar-refractivity contribution in [1.82, 2.24) is 19.2 Å². The number of pyridine rings is 1. The highest BCUT2D eigenvalue weighted by molar-refractivity contribution is 8.45. The molecule has 8 nitrogen and oxygen atoms in total. The lowest BCUT2D eigenvalue weighted by atomic mass is 10.1. The van der Waals surface area contributed by atoms with Crippen LogP contribution in [-0.4, -0.2) is 36.6 Å². The number of nitrogens with zero attached hydrogens (tertiary/aromatic N) is 4. The van der Waals surface area contributed by atoms with Crippen LogP contribution >= 0.6 is 10.2 Å². The fourth-order valence-corrected chi connectivity index (χ4v) is 5.55. The Bertz CT molecular complexity index is 1970. The minimum atomic E-state index is -10.2. The third-order valence-electron chi connectivity index (χ3n) is 6.77. The van der Waals surface area contributed by atoms with Gasteiger partial charge in [0.25, 0.3) is 5.91 Å². The smallest absolute Gasteiger partial charge is 0.310 e. The minimum Gasteiger partial charge on any atom is -0.460 e. The minimum absolute atomic E-state index is 0.0989. The molecule has 0 aliphatic heterocycles. The molecule has 14 heteroatoms. The van der Waals surface area contributed by atoms with Gasteiger partial charge in [0.15, 0.2) is 0 Å². The number of hydrogen-bond donors (Lipinski definition) is 1. The number of carbonyl (C=O) groups is 2. The van der Waals surface area contributed by atoms with E-state index >= 15 is 0 Å². The van der Waals surface area contributed by atoms with Crippen LogP contribution in [0, 0.1) is 13.8 Å². The summed E-state index contributed by atoms with van der Waals surface area (Å²) < 4.78 is 78.1. The molecule has 0 unspecified atom stereocenters. The van der Waals surface area contributed by atoms with E-state index in [2.05, 4.69) is 15.4 Å². The molecule has 0 spiro atoms. The number of hydrogen-bond acceptors (Lipinski definition) is 5. The molecule has 0 radical (unpaired) electrons. The van der Waals surface area contributed by atoms with Crippen LogP contribution < -0.4 is 5.32 Å². The summed E-state index contributed by atoms with van der Waals surface area (Å²) >= 11 is 0. The first kappa shape index (κ1) is 31.7. The van der Waals surface area contributed by atoms with Gasteiger partial charge in [-0.05, 0) is 87.7 Å². The molecule has 0 saturated carbocycles. The van der Waals surface area contributed by atoms with Crippen LogP contribution in [0.1, 0.15) is 47.8 Å². The summed E-state index contributed by atoms with van der Waals surface area (Å²) in [5.41, 5.74) is 2.35. The van der Waals surface area contributed by atoms with Crippen molar-refractivity contribution >= 4 is 33.4 Å². The lowest BCUT2D eigenvalue weighted by Crippen LogP contribution is -2.25. The molecular formula is C31H30F5N5O3S. The van der Waals surface area contributed by atoms with E-state index in [0.29, 0.717) is 22.6 Å². The number of halogens is 5. The highest BCUT2D eigenvalue weighted by Gasteiger charge is 2.65. The predicted octanol–water partition coefficient (Wildman–Crippen LogP) is 8.60. The van der Waals surface area contributed by atoms with Gasteiger partial charge < -0.3 is 10.1 Å². The van der Waals surface area contributed by atoms with Crippen molar-refractivity contribution in [3.05, 3.63) is 95.6 Å². The molecule has 0 bridgehead atoms. The number of fused-ring (bicyclic) bond motifs is 1. The maximum atomic E-state index is 13.9. The van der Waals surface area contributed by atoms with E-state index in [0.717, 1.165) is 17.2 Å². The monoisotopic (exact) mass is 647 g/mol. The lowest BCUT2D eigenvalue weighted by Gasteiger charge is -2.41. The zero-order valence-electron chi connectivity index (χ0n) is 24.9. The van der Waals surface area contributed by atoms with E-state index in [1.165, 1.54) is 0 Å². The van der Waals surface area contributed by atoms with E-state index in [9.17, 15) is 29.0 Å². The molecule has 1 amide bonds. The summed E-state index contributed by atoms with van der Waals surface area (Å²) in [5, 5.41) is 7.14. The number of ether oxygens (including phenoxy) is 1. The first-order valence-electron chi connectivity index (χ1n) is 13.7. The average molecular weight is 648 g/mol. The molecule has 3 heterocycles. The molecule has 5 aromatic rings. The van der Waals surface area contributed by atoms with Crippen LogP contribution in [0.4, 0.5) is 25.1 Å². The third kappa shape index (κ3) is 7.17. The van der Waals surface area contributed by atoms with E-state index in [1.807, 2.05) is 23.6 Å². The zero-order chi connectivity index (χ0) is 33.0. The van der Waals surface area contributed by atoms with Crippen molar-refractivity contribution in [1.29, 1.82) is 0 Å². The Hall–Kier alpha value is -4.72. The molecule has 0 aliphatic carbocycles. The van der Waals surface area contributed by atoms with Gasteiger partial charge in [-0.1, -0.05) is 25.5 Å². The highest BCUT2D eigenvalue weighted by atomic mass is 32.5. The molecule has 1 N–H and O–H groups in total. The summed E-state index contributed by atoms with van der Waals surface area (Å²) in [5.74, 6) is -2.00. The number of esters is 1. The standard InChI is InChI=1S/C31H30F5N5O3S/c1-19-11-20(2)27(40-9-10-41-28(40)17-26(39-41)22-7-6-8-37-18-22)16-25(19)38-30(43)23-12-21(14-29(42)44-31(3,4)5)13-24(15-23)45(32,33,34,35)36/h6-13,15-18H,14H2,1-5H3,(H,38,43). The van der Waals surface area contributed by atoms with Crippen LogP contribution in [0.2, 0.25) is 0 Å². The number of imidazole rings is 1. The molecule has 0 aliphatic rings. The van der Waals surface area contributed by atoms with Crippen molar-refractivity contribution in [3.63, 3.8) is 0 Å². The quantitative estimate of drug-likeness (QED) is 0.141. The van der Waals surface area contributed by atoms with Crippen LogP contribution in [0.5, 0.6) is 0 Å².